The molecule has 0 fully saturated rings. The van der Waals surface area contributed by atoms with Gasteiger partial charge in [0.05, 0.1) is 5.69 Å². The molecule has 6 heteroatoms. The average Bonchev–Trinajstić information content (AvgIpc) is 2.81. The fourth-order valence-corrected chi connectivity index (χ4v) is 3.41. The minimum atomic E-state index is -0.572. The highest BCUT2D eigenvalue weighted by molar-refractivity contribution is 6.10. The summed E-state index contributed by atoms with van der Waals surface area (Å²) in [6, 6.07) is 24.1. The van der Waals surface area contributed by atoms with Crippen LogP contribution in [0.2, 0.25) is 0 Å². The molecule has 0 aliphatic heterocycles. The van der Waals surface area contributed by atoms with Gasteiger partial charge < -0.3 is 5.32 Å². The summed E-state index contributed by atoms with van der Waals surface area (Å²) in [4.78, 5) is 26.6. The predicted octanol–water partition coefficient (Wildman–Crippen LogP) is 4.99. The van der Waals surface area contributed by atoms with Gasteiger partial charge in [-0.15, -0.1) is 0 Å². The zero-order valence-electron chi connectivity index (χ0n) is 16.9. The molecule has 0 bridgehead atoms. The second-order valence-electron chi connectivity index (χ2n) is 6.91. The lowest BCUT2D eigenvalue weighted by atomic mass is 9.95. The average molecular weight is 413 g/mol. The number of amides is 1. The van der Waals surface area contributed by atoms with E-state index in [9.17, 15) is 14.0 Å². The van der Waals surface area contributed by atoms with Crippen LogP contribution in [0.25, 0.3) is 22.4 Å². The van der Waals surface area contributed by atoms with Gasteiger partial charge in [0.15, 0.2) is 0 Å². The highest BCUT2D eigenvalue weighted by Crippen LogP contribution is 2.32. The van der Waals surface area contributed by atoms with Crippen LogP contribution in [-0.2, 0) is 6.54 Å². The van der Waals surface area contributed by atoms with Gasteiger partial charge in [-0.25, -0.2) is 9.07 Å². The molecule has 0 spiro atoms. The Labute approximate surface area is 178 Å². The number of anilines is 1. The van der Waals surface area contributed by atoms with Crippen molar-refractivity contribution in [2.75, 3.05) is 5.32 Å². The quantitative estimate of drug-likeness (QED) is 0.501. The van der Waals surface area contributed by atoms with Gasteiger partial charge in [0.2, 0.25) is 0 Å². The lowest BCUT2D eigenvalue weighted by molar-refractivity contribution is 0.102. The first kappa shape index (κ1) is 20.2. The summed E-state index contributed by atoms with van der Waals surface area (Å²) in [6.07, 6.45) is 0. The molecular weight excluding hydrogens is 393 g/mol. The van der Waals surface area contributed by atoms with Crippen LogP contribution in [-0.4, -0.2) is 15.7 Å². The number of nitrogens with one attached hydrogen (secondary N) is 1. The van der Waals surface area contributed by atoms with E-state index in [1.807, 2.05) is 60.7 Å². The number of hydrogen-bond donors (Lipinski definition) is 1. The van der Waals surface area contributed by atoms with Gasteiger partial charge in [-0.1, -0.05) is 60.7 Å². The molecule has 1 amide bonds. The maximum atomic E-state index is 13.3. The number of carbonyl (C=O) groups excluding carboxylic acids is 1. The molecule has 31 heavy (non-hydrogen) atoms. The molecule has 0 aliphatic rings. The number of halogens is 1. The maximum absolute atomic E-state index is 13.3. The van der Waals surface area contributed by atoms with Crippen LogP contribution in [0.1, 0.15) is 17.3 Å². The van der Waals surface area contributed by atoms with Crippen LogP contribution in [0, 0.1) is 5.82 Å². The van der Waals surface area contributed by atoms with E-state index < -0.39 is 17.3 Å². The van der Waals surface area contributed by atoms with E-state index in [-0.39, 0.29) is 5.56 Å². The number of carbonyl (C=O) groups is 1. The lowest BCUT2D eigenvalue weighted by Gasteiger charge is -2.17. The van der Waals surface area contributed by atoms with E-state index in [4.69, 9.17) is 0 Å². The zero-order valence-corrected chi connectivity index (χ0v) is 16.9. The summed E-state index contributed by atoms with van der Waals surface area (Å²) >= 11 is 0. The predicted molar refractivity (Wildman–Crippen MR) is 119 cm³/mol. The molecule has 154 valence electrons. The van der Waals surface area contributed by atoms with Gasteiger partial charge in [-0.2, -0.15) is 5.10 Å². The largest absolute Gasteiger partial charge is 0.322 e. The minimum absolute atomic E-state index is 0.00812. The first-order valence-electron chi connectivity index (χ1n) is 9.91. The fraction of sp³-hybridized carbons (Fsp3) is 0.0800. The van der Waals surface area contributed by atoms with Gasteiger partial charge in [0, 0.05) is 23.4 Å². The number of nitrogens with zero attached hydrogens (tertiary/aromatic N) is 2. The summed E-state index contributed by atoms with van der Waals surface area (Å²) in [6.45, 7) is 2.11. The third-order valence-electron chi connectivity index (χ3n) is 4.89. The van der Waals surface area contributed by atoms with Crippen molar-refractivity contribution in [3.63, 3.8) is 0 Å². The van der Waals surface area contributed by atoms with E-state index in [2.05, 4.69) is 10.4 Å². The standard InChI is InChI=1S/C25H20FN3O2/c1-2-29-25(31)22(24(30)27-20-15-13-19(26)14-16-20)21(17-9-5-3-6-10-17)23(28-29)18-11-7-4-8-12-18/h3-16H,2H2,1H3,(H,27,30). The van der Waals surface area contributed by atoms with Crippen LogP contribution in [0.4, 0.5) is 10.1 Å². The topological polar surface area (TPSA) is 64.0 Å². The normalized spacial score (nSPS) is 10.6. The van der Waals surface area contributed by atoms with Crippen LogP contribution in [0.3, 0.4) is 0 Å². The SMILES string of the molecule is CCn1nc(-c2ccccc2)c(-c2ccccc2)c(C(=O)Nc2ccc(F)cc2)c1=O. The first-order valence-corrected chi connectivity index (χ1v) is 9.91. The van der Waals surface area contributed by atoms with E-state index in [0.29, 0.717) is 29.1 Å². The van der Waals surface area contributed by atoms with Gasteiger partial charge >= 0.3 is 0 Å². The zero-order chi connectivity index (χ0) is 21.8. The Bertz CT molecular complexity index is 1270. The third kappa shape index (κ3) is 4.14. The molecule has 4 rings (SSSR count). The van der Waals surface area contributed by atoms with Gasteiger partial charge in [0.25, 0.3) is 11.5 Å². The molecule has 0 saturated carbocycles. The van der Waals surface area contributed by atoms with Crippen molar-refractivity contribution in [2.45, 2.75) is 13.5 Å². The van der Waals surface area contributed by atoms with Crippen molar-refractivity contribution in [3.05, 3.63) is 107 Å². The summed E-state index contributed by atoms with van der Waals surface area (Å²) in [5.74, 6) is -0.983. The molecule has 0 unspecified atom stereocenters. The fourth-order valence-electron chi connectivity index (χ4n) is 3.41. The third-order valence-corrected chi connectivity index (χ3v) is 4.89. The second-order valence-corrected chi connectivity index (χ2v) is 6.91. The molecular formula is C25H20FN3O2. The molecule has 3 aromatic carbocycles. The van der Waals surface area contributed by atoms with Crippen molar-refractivity contribution in [2.24, 2.45) is 0 Å². The summed E-state index contributed by atoms with van der Waals surface area (Å²) in [7, 11) is 0. The van der Waals surface area contributed by atoms with Crippen LogP contribution >= 0.6 is 0 Å². The summed E-state index contributed by atoms with van der Waals surface area (Å²) < 4.78 is 14.5. The molecule has 0 aliphatic carbocycles. The van der Waals surface area contributed by atoms with Crippen LogP contribution in [0.15, 0.2) is 89.7 Å². The van der Waals surface area contributed by atoms with E-state index in [1.54, 1.807) is 6.92 Å². The van der Waals surface area contributed by atoms with Crippen molar-refractivity contribution in [1.82, 2.24) is 9.78 Å². The molecule has 1 heterocycles. The van der Waals surface area contributed by atoms with Crippen LogP contribution in [0.5, 0.6) is 0 Å². The maximum Gasteiger partial charge on any atom is 0.280 e. The monoisotopic (exact) mass is 413 g/mol. The van der Waals surface area contributed by atoms with Crippen molar-refractivity contribution < 1.29 is 9.18 Å². The summed E-state index contributed by atoms with van der Waals surface area (Å²) in [5.41, 5.74) is 2.40. The number of benzene rings is 3. The first-order chi connectivity index (χ1) is 15.1. The van der Waals surface area contributed by atoms with Gasteiger partial charge in [-0.3, -0.25) is 9.59 Å². The molecule has 0 radical (unpaired) electrons. The molecule has 0 atom stereocenters. The van der Waals surface area contributed by atoms with Crippen molar-refractivity contribution >= 4 is 11.6 Å². The molecule has 5 nitrogen and oxygen atoms in total. The number of aromatic nitrogens is 2. The van der Waals surface area contributed by atoms with E-state index in [0.717, 1.165) is 5.56 Å². The van der Waals surface area contributed by atoms with Gasteiger partial charge in [-0.05, 0) is 36.8 Å². The summed E-state index contributed by atoms with van der Waals surface area (Å²) in [5, 5.41) is 7.29. The number of hydrogen-bond acceptors (Lipinski definition) is 3. The van der Waals surface area contributed by atoms with E-state index >= 15 is 0 Å². The molecule has 4 aromatic rings. The lowest BCUT2D eigenvalue weighted by Crippen LogP contribution is -2.32. The Kier molecular flexibility index (Phi) is 5.71. The Hall–Kier alpha value is -4.06. The van der Waals surface area contributed by atoms with Gasteiger partial charge in [0.1, 0.15) is 11.4 Å². The number of aryl methyl sites for hydroxylation is 1. The second kappa shape index (κ2) is 8.75. The molecule has 1 aromatic heterocycles. The van der Waals surface area contributed by atoms with Crippen molar-refractivity contribution in [1.29, 1.82) is 0 Å². The Balaban J connectivity index is 1.97. The molecule has 1 N–H and O–H groups in total. The Morgan fingerprint density at radius 2 is 1.48 bits per heavy atom. The molecule has 0 saturated heterocycles. The van der Waals surface area contributed by atoms with E-state index in [1.165, 1.54) is 28.9 Å². The van der Waals surface area contributed by atoms with Crippen molar-refractivity contribution in [3.8, 4) is 22.4 Å². The highest BCUT2D eigenvalue weighted by atomic mass is 19.1. The van der Waals surface area contributed by atoms with Crippen LogP contribution < -0.4 is 10.9 Å². The Morgan fingerprint density at radius 1 is 0.903 bits per heavy atom. The smallest absolute Gasteiger partial charge is 0.280 e. The minimum Gasteiger partial charge on any atom is -0.322 e. The Morgan fingerprint density at radius 3 is 2.06 bits per heavy atom. The number of rotatable bonds is 5. The highest BCUT2D eigenvalue weighted by Gasteiger charge is 2.25.